The number of hydrogen-bond acceptors (Lipinski definition) is 8. The fraction of sp³-hybridized carbons (Fsp3) is 0.440. The topological polar surface area (TPSA) is 112 Å². The number of benzene rings is 1. The number of hydrogen-bond donors (Lipinski definition) is 2. The molecule has 2 atom stereocenters. The van der Waals surface area contributed by atoms with Crippen LogP contribution in [-0.4, -0.2) is 79.5 Å². The number of rotatable bonds is 9. The van der Waals surface area contributed by atoms with Crippen molar-refractivity contribution in [2.24, 2.45) is 0 Å². The van der Waals surface area contributed by atoms with Gasteiger partial charge in [-0.25, -0.2) is 9.97 Å². The maximum Gasteiger partial charge on any atom is 0.253 e. The number of H-pyrrole nitrogens is 1. The van der Waals surface area contributed by atoms with Crippen molar-refractivity contribution in [3.63, 3.8) is 0 Å². The smallest absolute Gasteiger partial charge is 0.253 e. The lowest BCUT2D eigenvalue weighted by Crippen LogP contribution is -2.48. The lowest BCUT2D eigenvalue weighted by molar-refractivity contribution is -0.130. The molecule has 0 saturated carbocycles. The summed E-state index contributed by atoms with van der Waals surface area (Å²) in [6.45, 7) is 10.2. The molecule has 2 aliphatic rings. The number of fused-ring (bicyclic) bond motifs is 2. The summed E-state index contributed by atoms with van der Waals surface area (Å²) in [6.07, 6.45) is 4.71. The first kappa shape index (κ1) is 25.8. The van der Waals surface area contributed by atoms with Crippen molar-refractivity contribution in [3.8, 4) is 11.5 Å². The van der Waals surface area contributed by atoms with Gasteiger partial charge in [-0.05, 0) is 31.0 Å². The fourth-order valence-electron chi connectivity index (χ4n) is 4.49. The fourth-order valence-corrected chi connectivity index (χ4v) is 5.89. The second kappa shape index (κ2) is 11.3. The minimum atomic E-state index is -0.461. The normalized spacial score (nSPS) is 18.3. The maximum absolute atomic E-state index is 11.6. The molecule has 10 nitrogen and oxygen atoms in total. The summed E-state index contributed by atoms with van der Waals surface area (Å²) >= 11 is 5.03. The van der Waals surface area contributed by atoms with Crippen LogP contribution >= 0.6 is 27.7 Å². The Hall–Kier alpha value is -2.83. The van der Waals surface area contributed by atoms with Gasteiger partial charge in [-0.1, -0.05) is 33.8 Å². The highest BCUT2D eigenvalue weighted by Crippen LogP contribution is 2.41. The van der Waals surface area contributed by atoms with E-state index < -0.39 is 6.29 Å². The first-order valence-corrected chi connectivity index (χ1v) is 14.0. The van der Waals surface area contributed by atoms with E-state index >= 15 is 0 Å². The van der Waals surface area contributed by atoms with Crippen molar-refractivity contribution in [1.82, 2.24) is 29.3 Å². The molecule has 37 heavy (non-hydrogen) atoms. The third-order valence-corrected chi connectivity index (χ3v) is 8.26. The van der Waals surface area contributed by atoms with E-state index in [1.54, 1.807) is 25.0 Å². The number of piperazine rings is 1. The van der Waals surface area contributed by atoms with E-state index in [-0.39, 0.29) is 16.6 Å². The van der Waals surface area contributed by atoms with Gasteiger partial charge in [0.05, 0.1) is 11.6 Å². The predicted molar refractivity (Wildman–Crippen MR) is 145 cm³/mol. The number of nitrogens with zero attached hydrogens (tertiary/aromatic N) is 5. The van der Waals surface area contributed by atoms with Crippen molar-refractivity contribution in [1.29, 1.82) is 5.41 Å². The van der Waals surface area contributed by atoms with Gasteiger partial charge in [0, 0.05) is 50.7 Å². The standard InChI is InChI=1S/C25H30BrN7O3S/c1-3-4-5-20(24-35-18-7-6-17(26)14-19(18)36-24)37-25-29-21-22(27)28-15-33(23(21)30-25)13-10-31-8-11-32(12-9-31)16(2)34/h3,6-7,14-15,20,24,27H,1,4-5,8-13H2,2H3,(H,29,30). The molecule has 3 aromatic rings. The van der Waals surface area contributed by atoms with E-state index in [0.717, 1.165) is 55.8 Å². The molecular weight excluding hydrogens is 558 g/mol. The van der Waals surface area contributed by atoms with Gasteiger partial charge in [-0.15, -0.1) is 6.58 Å². The molecule has 12 heteroatoms. The SMILES string of the molecule is C=CCCC(Sc1nc2c([nH]1)c(=N)ncn2CCN1CCN(C(C)=O)CC1)C1Oc2ccc(Br)cc2O1. The van der Waals surface area contributed by atoms with E-state index in [1.165, 1.54) is 0 Å². The molecular formula is C25H30BrN7O3S. The highest BCUT2D eigenvalue weighted by Gasteiger charge is 2.33. The van der Waals surface area contributed by atoms with Crippen LogP contribution in [-0.2, 0) is 11.3 Å². The van der Waals surface area contributed by atoms with E-state index in [1.807, 2.05) is 33.7 Å². The summed E-state index contributed by atoms with van der Waals surface area (Å²) in [4.78, 5) is 28.2. The number of carbonyl (C=O) groups is 1. The predicted octanol–water partition coefficient (Wildman–Crippen LogP) is 3.39. The van der Waals surface area contributed by atoms with Crippen molar-refractivity contribution < 1.29 is 14.3 Å². The Kier molecular flexibility index (Phi) is 7.87. The second-order valence-corrected chi connectivity index (χ2v) is 11.2. The van der Waals surface area contributed by atoms with Gasteiger partial charge in [0.15, 0.2) is 27.8 Å². The number of aromatic amines is 1. The molecule has 2 unspecified atom stereocenters. The summed E-state index contributed by atoms with van der Waals surface area (Å²) in [6, 6.07) is 5.74. The molecule has 196 valence electrons. The summed E-state index contributed by atoms with van der Waals surface area (Å²) in [5.74, 6) is 1.57. The van der Waals surface area contributed by atoms with Gasteiger partial charge in [0.2, 0.25) is 5.91 Å². The number of amides is 1. The van der Waals surface area contributed by atoms with Gasteiger partial charge in [-0.2, -0.15) is 0 Å². The quantitative estimate of drug-likeness (QED) is 0.291. The lowest BCUT2D eigenvalue weighted by atomic mass is 10.2. The molecule has 0 aliphatic carbocycles. The summed E-state index contributed by atoms with van der Waals surface area (Å²) < 4.78 is 15.2. The molecule has 0 bridgehead atoms. The Balaban J connectivity index is 1.30. The summed E-state index contributed by atoms with van der Waals surface area (Å²) in [5, 5.41) is 8.96. The molecule has 2 N–H and O–H groups in total. The van der Waals surface area contributed by atoms with E-state index in [2.05, 4.69) is 37.4 Å². The van der Waals surface area contributed by atoms with Crippen LogP contribution in [0, 0.1) is 5.41 Å². The Labute approximate surface area is 227 Å². The number of carbonyl (C=O) groups excluding carboxylic acids is 1. The Morgan fingerprint density at radius 3 is 2.84 bits per heavy atom. The highest BCUT2D eigenvalue weighted by atomic mass is 79.9. The van der Waals surface area contributed by atoms with Crippen molar-refractivity contribution >= 4 is 44.8 Å². The second-order valence-electron chi connectivity index (χ2n) is 9.09. The number of imidazole rings is 1. The van der Waals surface area contributed by atoms with E-state index in [9.17, 15) is 4.79 Å². The lowest BCUT2D eigenvalue weighted by Gasteiger charge is -2.34. The zero-order chi connectivity index (χ0) is 25.9. The van der Waals surface area contributed by atoms with E-state index in [4.69, 9.17) is 19.9 Å². The minimum Gasteiger partial charge on any atom is -0.450 e. The zero-order valence-electron chi connectivity index (χ0n) is 20.7. The maximum atomic E-state index is 11.6. The third-order valence-electron chi connectivity index (χ3n) is 6.59. The van der Waals surface area contributed by atoms with Crippen LogP contribution in [0.4, 0.5) is 0 Å². The number of allylic oxidation sites excluding steroid dienone is 1. The number of ether oxygens (including phenoxy) is 2. The van der Waals surface area contributed by atoms with Crippen molar-refractivity contribution in [2.45, 2.75) is 43.0 Å². The molecule has 1 amide bonds. The van der Waals surface area contributed by atoms with Gasteiger partial charge in [0.25, 0.3) is 6.29 Å². The molecule has 2 aromatic heterocycles. The number of nitrogens with one attached hydrogen (secondary N) is 2. The van der Waals surface area contributed by atoms with Gasteiger partial charge in [-0.3, -0.25) is 15.1 Å². The molecule has 1 aromatic carbocycles. The van der Waals surface area contributed by atoms with Gasteiger partial charge >= 0.3 is 0 Å². The Morgan fingerprint density at radius 2 is 2.08 bits per heavy atom. The molecule has 1 fully saturated rings. The number of thioether (sulfide) groups is 1. The molecule has 4 heterocycles. The van der Waals surface area contributed by atoms with Crippen LogP contribution in [0.2, 0.25) is 0 Å². The molecule has 2 aliphatic heterocycles. The molecule has 5 rings (SSSR count). The van der Waals surface area contributed by atoms with Crippen LogP contribution in [0.1, 0.15) is 19.8 Å². The van der Waals surface area contributed by atoms with Crippen molar-refractivity contribution in [2.75, 3.05) is 32.7 Å². The van der Waals surface area contributed by atoms with Crippen LogP contribution in [0.15, 0.2) is 46.8 Å². The Bertz CT molecular complexity index is 1350. The first-order chi connectivity index (χ1) is 17.9. The zero-order valence-corrected chi connectivity index (χ0v) is 23.1. The van der Waals surface area contributed by atoms with E-state index in [0.29, 0.717) is 28.6 Å². The highest BCUT2D eigenvalue weighted by molar-refractivity contribution is 9.10. The Morgan fingerprint density at radius 1 is 1.30 bits per heavy atom. The summed E-state index contributed by atoms with van der Waals surface area (Å²) in [7, 11) is 0. The average molecular weight is 589 g/mol. The minimum absolute atomic E-state index is 0.0436. The largest absolute Gasteiger partial charge is 0.450 e. The number of aromatic nitrogens is 4. The number of halogens is 1. The first-order valence-electron chi connectivity index (χ1n) is 12.3. The average Bonchev–Trinajstić information content (AvgIpc) is 3.51. The van der Waals surface area contributed by atoms with Crippen LogP contribution in [0.25, 0.3) is 11.2 Å². The van der Waals surface area contributed by atoms with Gasteiger partial charge in [0.1, 0.15) is 5.52 Å². The van der Waals surface area contributed by atoms with Crippen molar-refractivity contribution in [3.05, 3.63) is 47.1 Å². The van der Waals surface area contributed by atoms with Crippen LogP contribution < -0.4 is 15.0 Å². The monoisotopic (exact) mass is 587 g/mol. The molecule has 0 radical (unpaired) electrons. The summed E-state index contributed by atoms with van der Waals surface area (Å²) in [5.41, 5.74) is 1.47. The van der Waals surface area contributed by atoms with Crippen LogP contribution in [0.5, 0.6) is 11.5 Å². The van der Waals surface area contributed by atoms with Crippen LogP contribution in [0.3, 0.4) is 0 Å². The third kappa shape index (κ3) is 5.86. The molecule has 0 spiro atoms. The van der Waals surface area contributed by atoms with Gasteiger partial charge < -0.3 is 23.9 Å². The molecule has 1 saturated heterocycles.